The lowest BCUT2D eigenvalue weighted by Gasteiger charge is -1.97. The van der Waals surface area contributed by atoms with Crippen molar-refractivity contribution in [2.24, 2.45) is 5.92 Å². The average Bonchev–Trinajstić information content (AvgIpc) is 2.84. The van der Waals surface area contributed by atoms with Crippen LogP contribution in [0.2, 0.25) is 0 Å². The van der Waals surface area contributed by atoms with E-state index in [-0.39, 0.29) is 5.57 Å². The van der Waals surface area contributed by atoms with Crippen molar-refractivity contribution >= 4 is 5.97 Å². The highest BCUT2D eigenvalue weighted by Crippen LogP contribution is 2.31. The van der Waals surface area contributed by atoms with E-state index in [4.69, 9.17) is 10.00 Å². The van der Waals surface area contributed by atoms with E-state index in [1.807, 2.05) is 6.07 Å². The van der Waals surface area contributed by atoms with Crippen molar-refractivity contribution in [3.05, 3.63) is 11.6 Å². The molecule has 1 fully saturated rings. The van der Waals surface area contributed by atoms with Crippen LogP contribution in [-0.4, -0.2) is 12.6 Å². The molecule has 1 saturated carbocycles. The van der Waals surface area contributed by atoms with Crippen LogP contribution in [0.3, 0.4) is 0 Å². The van der Waals surface area contributed by atoms with E-state index in [9.17, 15) is 4.79 Å². The molecule has 1 rings (SSSR count). The molecule has 3 heteroatoms. The molecule has 3 nitrogen and oxygen atoms in total. The third-order valence-electron chi connectivity index (χ3n) is 1.64. The lowest BCUT2D eigenvalue weighted by atomic mass is 10.2. The fraction of sp³-hybridized carbons (Fsp3) is 0.556. The first-order chi connectivity index (χ1) is 5.77. The number of nitriles is 1. The molecule has 0 aliphatic heterocycles. The van der Waals surface area contributed by atoms with Crippen molar-refractivity contribution in [3.63, 3.8) is 0 Å². The molecule has 0 aromatic carbocycles. The number of carbonyl (C=O) groups excluding carboxylic acids is 1. The van der Waals surface area contributed by atoms with Crippen molar-refractivity contribution in [3.8, 4) is 6.07 Å². The van der Waals surface area contributed by atoms with Crippen molar-refractivity contribution < 1.29 is 9.53 Å². The Bertz CT molecular complexity index is 246. The molecule has 0 saturated heterocycles. The second kappa shape index (κ2) is 3.91. The maximum absolute atomic E-state index is 11.0. The number of esters is 1. The van der Waals surface area contributed by atoms with Gasteiger partial charge in [-0.3, -0.25) is 0 Å². The summed E-state index contributed by atoms with van der Waals surface area (Å²) >= 11 is 0. The number of nitrogens with zero attached hydrogens (tertiary/aromatic N) is 1. The van der Waals surface area contributed by atoms with E-state index in [1.54, 1.807) is 13.0 Å². The van der Waals surface area contributed by atoms with Crippen molar-refractivity contribution in [2.45, 2.75) is 19.8 Å². The van der Waals surface area contributed by atoms with E-state index >= 15 is 0 Å². The Balaban J connectivity index is 2.55. The summed E-state index contributed by atoms with van der Waals surface area (Å²) in [5.41, 5.74) is 0.152. The molecule has 0 aromatic heterocycles. The standard InChI is InChI=1S/C9H11NO2/c1-2-12-9(11)8(6-10)5-7-3-4-7/h5,7H,2-4H2,1H3/b8-5+. The average molecular weight is 165 g/mol. The Kier molecular flexibility index (Phi) is 2.87. The third kappa shape index (κ3) is 2.39. The highest BCUT2D eigenvalue weighted by atomic mass is 16.5. The first-order valence-corrected chi connectivity index (χ1v) is 4.07. The van der Waals surface area contributed by atoms with Gasteiger partial charge < -0.3 is 4.74 Å². The Labute approximate surface area is 71.6 Å². The zero-order valence-electron chi connectivity index (χ0n) is 7.04. The minimum atomic E-state index is -0.494. The Hall–Kier alpha value is -1.30. The van der Waals surface area contributed by atoms with Crippen LogP contribution >= 0.6 is 0 Å². The van der Waals surface area contributed by atoms with Gasteiger partial charge in [0.15, 0.2) is 0 Å². The second-order valence-corrected chi connectivity index (χ2v) is 2.75. The van der Waals surface area contributed by atoms with Gasteiger partial charge in [0.05, 0.1) is 6.61 Å². The second-order valence-electron chi connectivity index (χ2n) is 2.75. The van der Waals surface area contributed by atoms with Crippen LogP contribution in [0, 0.1) is 17.2 Å². The van der Waals surface area contributed by atoms with Crippen LogP contribution in [0.15, 0.2) is 11.6 Å². The molecule has 12 heavy (non-hydrogen) atoms. The van der Waals surface area contributed by atoms with Gasteiger partial charge >= 0.3 is 5.97 Å². The Morgan fingerprint density at radius 3 is 2.83 bits per heavy atom. The molecule has 0 N–H and O–H groups in total. The predicted octanol–water partition coefficient (Wildman–Crippen LogP) is 1.41. The van der Waals surface area contributed by atoms with E-state index < -0.39 is 5.97 Å². The molecule has 0 bridgehead atoms. The number of ether oxygens (including phenoxy) is 1. The van der Waals surface area contributed by atoms with E-state index in [2.05, 4.69) is 0 Å². The molecule has 0 aromatic rings. The normalized spacial score (nSPS) is 16.8. The van der Waals surface area contributed by atoms with Crippen molar-refractivity contribution in [1.29, 1.82) is 5.26 Å². The summed E-state index contributed by atoms with van der Waals surface area (Å²) in [7, 11) is 0. The van der Waals surface area contributed by atoms with Gasteiger partial charge in [0.1, 0.15) is 11.6 Å². The molecule has 0 heterocycles. The molecule has 0 radical (unpaired) electrons. The Morgan fingerprint density at radius 1 is 1.75 bits per heavy atom. The highest BCUT2D eigenvalue weighted by molar-refractivity contribution is 5.92. The summed E-state index contributed by atoms with van der Waals surface area (Å²) in [6.45, 7) is 2.05. The fourth-order valence-corrected chi connectivity index (χ4v) is 0.858. The summed E-state index contributed by atoms with van der Waals surface area (Å²) < 4.78 is 4.69. The van der Waals surface area contributed by atoms with Gasteiger partial charge in [0.25, 0.3) is 0 Å². The molecular formula is C9H11NO2. The van der Waals surface area contributed by atoms with Gasteiger partial charge in [0, 0.05) is 0 Å². The van der Waals surface area contributed by atoms with Crippen molar-refractivity contribution in [1.82, 2.24) is 0 Å². The van der Waals surface area contributed by atoms with E-state index in [0.717, 1.165) is 12.8 Å². The SMILES string of the molecule is CCOC(=O)/C(C#N)=C/C1CC1. The van der Waals surface area contributed by atoms with Gasteiger partial charge in [-0.2, -0.15) is 5.26 Å². The number of allylic oxidation sites excluding steroid dienone is 1. The number of hydrogen-bond donors (Lipinski definition) is 0. The highest BCUT2D eigenvalue weighted by Gasteiger charge is 2.21. The minimum Gasteiger partial charge on any atom is -0.462 e. The van der Waals surface area contributed by atoms with Crippen LogP contribution < -0.4 is 0 Å². The van der Waals surface area contributed by atoms with E-state index in [0.29, 0.717) is 12.5 Å². The summed E-state index contributed by atoms with van der Waals surface area (Å²) in [5.74, 6) is -0.0593. The first-order valence-electron chi connectivity index (χ1n) is 4.07. The molecule has 0 unspecified atom stereocenters. The van der Waals surface area contributed by atoms with Crippen LogP contribution in [0.25, 0.3) is 0 Å². The molecular weight excluding hydrogens is 154 g/mol. The molecule has 0 spiro atoms. The molecule has 1 aliphatic carbocycles. The Morgan fingerprint density at radius 2 is 2.42 bits per heavy atom. The number of rotatable bonds is 3. The van der Waals surface area contributed by atoms with Gasteiger partial charge in [-0.15, -0.1) is 0 Å². The van der Waals surface area contributed by atoms with Crippen molar-refractivity contribution in [2.75, 3.05) is 6.61 Å². The zero-order valence-corrected chi connectivity index (χ0v) is 7.04. The molecule has 0 amide bonds. The van der Waals surface area contributed by atoms with Gasteiger partial charge in [0.2, 0.25) is 0 Å². The fourth-order valence-electron chi connectivity index (χ4n) is 0.858. The van der Waals surface area contributed by atoms with Gasteiger partial charge in [-0.25, -0.2) is 4.79 Å². The molecule has 1 aliphatic rings. The maximum atomic E-state index is 11.0. The number of hydrogen-bond acceptors (Lipinski definition) is 3. The van der Waals surface area contributed by atoms with E-state index in [1.165, 1.54) is 0 Å². The zero-order chi connectivity index (χ0) is 8.97. The van der Waals surface area contributed by atoms with Crippen LogP contribution in [0.1, 0.15) is 19.8 Å². The molecule has 64 valence electrons. The predicted molar refractivity (Wildman–Crippen MR) is 43.1 cm³/mol. The largest absolute Gasteiger partial charge is 0.462 e. The summed E-state index contributed by atoms with van der Waals surface area (Å²) in [6.07, 6.45) is 3.88. The van der Waals surface area contributed by atoms with Gasteiger partial charge in [-0.05, 0) is 25.7 Å². The van der Waals surface area contributed by atoms with Gasteiger partial charge in [-0.1, -0.05) is 6.08 Å². The topological polar surface area (TPSA) is 50.1 Å². The first kappa shape index (κ1) is 8.79. The smallest absolute Gasteiger partial charge is 0.348 e. The number of carbonyl (C=O) groups is 1. The van der Waals surface area contributed by atoms with Crippen LogP contribution in [0.5, 0.6) is 0 Å². The summed E-state index contributed by atoms with van der Waals surface area (Å²) in [6, 6.07) is 1.84. The summed E-state index contributed by atoms with van der Waals surface area (Å²) in [5, 5.41) is 8.58. The quantitative estimate of drug-likeness (QED) is 0.361. The van der Waals surface area contributed by atoms with Crippen LogP contribution in [0.4, 0.5) is 0 Å². The monoisotopic (exact) mass is 165 g/mol. The van der Waals surface area contributed by atoms with Crippen LogP contribution in [-0.2, 0) is 9.53 Å². The maximum Gasteiger partial charge on any atom is 0.348 e. The molecule has 0 atom stereocenters. The minimum absolute atomic E-state index is 0.152. The lowest BCUT2D eigenvalue weighted by Crippen LogP contribution is -2.06. The summed E-state index contributed by atoms with van der Waals surface area (Å²) in [4.78, 5) is 11.0. The lowest BCUT2D eigenvalue weighted by molar-refractivity contribution is -0.138. The third-order valence-corrected chi connectivity index (χ3v) is 1.64.